The molecule has 0 atom stereocenters. The minimum Gasteiger partial charge on any atom is -0.339 e. The Morgan fingerprint density at radius 1 is 1.04 bits per heavy atom. The van der Waals surface area contributed by atoms with Gasteiger partial charge in [-0.15, -0.1) is 11.3 Å². The van der Waals surface area contributed by atoms with E-state index in [4.69, 9.17) is 0 Å². The van der Waals surface area contributed by atoms with Gasteiger partial charge in [0.1, 0.15) is 6.33 Å². The molecule has 1 N–H and O–H groups in total. The summed E-state index contributed by atoms with van der Waals surface area (Å²) in [6.45, 7) is 2.03. The summed E-state index contributed by atoms with van der Waals surface area (Å²) in [6.07, 6.45) is 6.09. The van der Waals surface area contributed by atoms with Gasteiger partial charge in [-0.1, -0.05) is 18.2 Å². The van der Waals surface area contributed by atoms with E-state index in [1.165, 1.54) is 23.3 Å². The van der Waals surface area contributed by atoms with Gasteiger partial charge in [-0.05, 0) is 55.5 Å². The van der Waals surface area contributed by atoms with Gasteiger partial charge in [-0.25, -0.2) is 9.97 Å². The molecule has 1 saturated carbocycles. The first-order valence-electron chi connectivity index (χ1n) is 8.81. The SMILES string of the molecule is Cc1ncccc1-c1cc2ncnc(Nc3ccc(C4CC4)cc3)c2s1. The van der Waals surface area contributed by atoms with Crippen LogP contribution in [0.2, 0.25) is 0 Å². The van der Waals surface area contributed by atoms with E-state index in [1.807, 2.05) is 19.2 Å². The Morgan fingerprint density at radius 2 is 1.88 bits per heavy atom. The molecule has 1 aromatic carbocycles. The van der Waals surface area contributed by atoms with E-state index in [0.29, 0.717) is 0 Å². The number of hydrogen-bond donors (Lipinski definition) is 1. The first-order chi connectivity index (χ1) is 12.8. The Hall–Kier alpha value is -2.79. The fourth-order valence-electron chi connectivity index (χ4n) is 3.21. The molecule has 0 spiro atoms. The second-order valence-electron chi connectivity index (χ2n) is 6.70. The third-order valence-corrected chi connectivity index (χ3v) is 5.97. The smallest absolute Gasteiger partial charge is 0.151 e. The summed E-state index contributed by atoms with van der Waals surface area (Å²) >= 11 is 1.70. The fourth-order valence-corrected chi connectivity index (χ4v) is 4.35. The molecule has 0 unspecified atom stereocenters. The van der Waals surface area contributed by atoms with Crippen LogP contribution in [0.5, 0.6) is 0 Å². The van der Waals surface area contributed by atoms with Crippen LogP contribution in [0.25, 0.3) is 20.7 Å². The zero-order valence-corrected chi connectivity index (χ0v) is 15.3. The number of nitrogens with one attached hydrogen (secondary N) is 1. The fraction of sp³-hybridized carbons (Fsp3) is 0.190. The minimum absolute atomic E-state index is 0.775. The number of nitrogens with zero attached hydrogens (tertiary/aromatic N) is 3. The third-order valence-electron chi connectivity index (χ3n) is 4.81. The van der Waals surface area contributed by atoms with Gasteiger partial charge in [-0.2, -0.15) is 0 Å². The standard InChI is InChI=1S/C21H18N4S/c1-13-17(3-2-10-22-13)19-11-18-20(26-19)21(24-12-23-18)25-16-8-6-15(7-9-16)14-4-5-14/h2-3,6-12,14H,4-5H2,1H3,(H,23,24,25). The molecular formula is C21H18N4S. The van der Waals surface area contributed by atoms with Gasteiger partial charge < -0.3 is 5.32 Å². The van der Waals surface area contributed by atoms with Gasteiger partial charge in [0.15, 0.2) is 5.82 Å². The normalized spacial score (nSPS) is 13.9. The minimum atomic E-state index is 0.775. The number of fused-ring (bicyclic) bond motifs is 1. The molecule has 0 amide bonds. The van der Waals surface area contributed by atoms with Crippen LogP contribution in [-0.2, 0) is 0 Å². The van der Waals surface area contributed by atoms with Crippen molar-refractivity contribution in [3.8, 4) is 10.4 Å². The van der Waals surface area contributed by atoms with Crippen LogP contribution in [-0.4, -0.2) is 15.0 Å². The van der Waals surface area contributed by atoms with Crippen LogP contribution in [0.1, 0.15) is 30.0 Å². The van der Waals surface area contributed by atoms with Gasteiger partial charge in [0.2, 0.25) is 0 Å². The molecule has 0 bridgehead atoms. The maximum absolute atomic E-state index is 4.47. The molecule has 5 rings (SSSR count). The predicted octanol–water partition coefficient (Wildman–Crippen LogP) is 5.68. The second-order valence-corrected chi connectivity index (χ2v) is 7.76. The van der Waals surface area contributed by atoms with E-state index in [2.05, 4.69) is 56.7 Å². The Bertz CT molecular complexity index is 1080. The second kappa shape index (κ2) is 6.18. The van der Waals surface area contributed by atoms with Crippen molar-refractivity contribution in [3.63, 3.8) is 0 Å². The van der Waals surface area contributed by atoms with Crippen molar-refractivity contribution >= 4 is 33.1 Å². The molecule has 0 saturated heterocycles. The first-order valence-corrected chi connectivity index (χ1v) is 9.63. The van der Waals surface area contributed by atoms with E-state index in [0.717, 1.165) is 38.9 Å². The van der Waals surface area contributed by atoms with Crippen LogP contribution >= 0.6 is 11.3 Å². The number of thiophene rings is 1. The van der Waals surface area contributed by atoms with E-state index >= 15 is 0 Å². The van der Waals surface area contributed by atoms with Crippen molar-refractivity contribution < 1.29 is 0 Å². The maximum atomic E-state index is 4.47. The Balaban J connectivity index is 1.50. The molecular weight excluding hydrogens is 340 g/mol. The van der Waals surface area contributed by atoms with Gasteiger partial charge in [0, 0.05) is 28.0 Å². The molecule has 1 aliphatic rings. The Labute approximate surface area is 156 Å². The number of hydrogen-bond acceptors (Lipinski definition) is 5. The molecule has 26 heavy (non-hydrogen) atoms. The monoisotopic (exact) mass is 358 g/mol. The van der Waals surface area contributed by atoms with Crippen LogP contribution in [0, 0.1) is 6.92 Å². The lowest BCUT2D eigenvalue weighted by Crippen LogP contribution is -1.94. The van der Waals surface area contributed by atoms with Crippen LogP contribution in [0.15, 0.2) is 55.0 Å². The van der Waals surface area contributed by atoms with E-state index in [-0.39, 0.29) is 0 Å². The van der Waals surface area contributed by atoms with Gasteiger partial charge in [0.25, 0.3) is 0 Å². The molecule has 0 aliphatic heterocycles. The number of benzene rings is 1. The van der Waals surface area contributed by atoms with E-state index in [9.17, 15) is 0 Å². The van der Waals surface area contributed by atoms with Crippen LogP contribution in [0.4, 0.5) is 11.5 Å². The highest BCUT2D eigenvalue weighted by molar-refractivity contribution is 7.22. The Morgan fingerprint density at radius 3 is 2.65 bits per heavy atom. The molecule has 4 aromatic rings. The topological polar surface area (TPSA) is 50.7 Å². The summed E-state index contributed by atoms with van der Waals surface area (Å²) in [5.41, 5.74) is 5.63. The first kappa shape index (κ1) is 15.5. The molecule has 3 heterocycles. The lowest BCUT2D eigenvalue weighted by molar-refractivity contribution is 1.13. The molecule has 5 heteroatoms. The number of aromatic nitrogens is 3. The molecule has 128 valence electrons. The van der Waals surface area contributed by atoms with Crippen LogP contribution in [0.3, 0.4) is 0 Å². The summed E-state index contributed by atoms with van der Waals surface area (Å²) in [7, 11) is 0. The average Bonchev–Trinajstić information content (AvgIpc) is 3.42. The van der Waals surface area contributed by atoms with Gasteiger partial charge in [-0.3, -0.25) is 4.98 Å². The summed E-state index contributed by atoms with van der Waals surface area (Å²) in [4.78, 5) is 14.5. The zero-order chi connectivity index (χ0) is 17.5. The number of anilines is 2. The van der Waals surface area contributed by atoms with Crippen molar-refractivity contribution in [2.75, 3.05) is 5.32 Å². The van der Waals surface area contributed by atoms with E-state index < -0.39 is 0 Å². The lowest BCUT2D eigenvalue weighted by atomic mass is 10.1. The molecule has 4 nitrogen and oxygen atoms in total. The lowest BCUT2D eigenvalue weighted by Gasteiger charge is -2.07. The van der Waals surface area contributed by atoms with Gasteiger partial charge in [0.05, 0.1) is 10.2 Å². The number of aryl methyl sites for hydroxylation is 1. The quantitative estimate of drug-likeness (QED) is 0.510. The molecule has 1 fully saturated rings. The highest BCUT2D eigenvalue weighted by atomic mass is 32.1. The molecule has 0 radical (unpaired) electrons. The number of rotatable bonds is 4. The van der Waals surface area contributed by atoms with Crippen molar-refractivity contribution in [2.45, 2.75) is 25.7 Å². The third kappa shape index (κ3) is 2.84. The average molecular weight is 358 g/mol. The van der Waals surface area contributed by atoms with Crippen LogP contribution < -0.4 is 5.32 Å². The summed E-state index contributed by atoms with van der Waals surface area (Å²) in [6, 6.07) is 14.9. The summed E-state index contributed by atoms with van der Waals surface area (Å²) < 4.78 is 1.07. The summed E-state index contributed by atoms with van der Waals surface area (Å²) in [5.74, 6) is 1.63. The molecule has 3 aromatic heterocycles. The highest BCUT2D eigenvalue weighted by Gasteiger charge is 2.23. The van der Waals surface area contributed by atoms with Crippen molar-refractivity contribution in [3.05, 3.63) is 66.2 Å². The van der Waals surface area contributed by atoms with Crippen molar-refractivity contribution in [1.29, 1.82) is 0 Å². The van der Waals surface area contributed by atoms with Gasteiger partial charge >= 0.3 is 0 Å². The predicted molar refractivity (Wildman–Crippen MR) is 107 cm³/mol. The Kier molecular flexibility index (Phi) is 3.68. The zero-order valence-electron chi connectivity index (χ0n) is 14.4. The largest absolute Gasteiger partial charge is 0.339 e. The molecule has 1 aliphatic carbocycles. The highest BCUT2D eigenvalue weighted by Crippen LogP contribution is 2.41. The van der Waals surface area contributed by atoms with E-state index in [1.54, 1.807) is 17.7 Å². The number of pyridine rings is 1. The van der Waals surface area contributed by atoms with Crippen molar-refractivity contribution in [2.24, 2.45) is 0 Å². The summed E-state index contributed by atoms with van der Waals surface area (Å²) in [5, 5.41) is 3.46. The van der Waals surface area contributed by atoms with Crippen molar-refractivity contribution in [1.82, 2.24) is 15.0 Å². The maximum Gasteiger partial charge on any atom is 0.151 e.